The molecular weight excluding hydrogens is 260 g/mol. The number of anilines is 2. The number of carbonyl (C=O) groups is 1. The maximum Gasteiger partial charge on any atom is 0.224 e. The zero-order chi connectivity index (χ0) is 15.2. The molecule has 0 radical (unpaired) electrons. The summed E-state index contributed by atoms with van der Waals surface area (Å²) in [4.78, 5) is 11.4. The second-order valence-electron chi connectivity index (χ2n) is 5.26. The predicted molar refractivity (Wildman–Crippen MR) is 88.6 cm³/mol. The maximum absolute atomic E-state index is 11.4. The van der Waals surface area contributed by atoms with Crippen molar-refractivity contribution in [3.8, 4) is 0 Å². The van der Waals surface area contributed by atoms with Gasteiger partial charge in [-0.1, -0.05) is 42.8 Å². The highest BCUT2D eigenvalue weighted by molar-refractivity contribution is 5.90. The lowest BCUT2D eigenvalue weighted by Gasteiger charge is -2.17. The van der Waals surface area contributed by atoms with E-state index in [1.54, 1.807) is 0 Å². The highest BCUT2D eigenvalue weighted by Gasteiger charge is 2.06. The minimum absolute atomic E-state index is 0.0266. The fraction of sp³-hybridized carbons (Fsp3) is 0.278. The summed E-state index contributed by atoms with van der Waals surface area (Å²) >= 11 is 0. The van der Waals surface area contributed by atoms with Crippen molar-refractivity contribution in [2.75, 3.05) is 10.6 Å². The number of hydrogen-bond donors (Lipinski definition) is 2. The molecule has 1 atom stereocenters. The van der Waals surface area contributed by atoms with E-state index in [4.69, 9.17) is 0 Å². The van der Waals surface area contributed by atoms with Gasteiger partial charge in [-0.2, -0.15) is 0 Å². The molecule has 0 fully saturated rings. The fourth-order valence-electron chi connectivity index (χ4n) is 2.12. The van der Waals surface area contributed by atoms with Crippen LogP contribution in [-0.2, 0) is 4.79 Å². The molecule has 0 aliphatic carbocycles. The molecule has 2 rings (SSSR count). The number of carbonyl (C=O) groups excluding carboxylic acids is 1. The Labute approximate surface area is 126 Å². The molecule has 1 amide bonds. The maximum atomic E-state index is 11.4. The van der Waals surface area contributed by atoms with Gasteiger partial charge in [0, 0.05) is 23.8 Å². The van der Waals surface area contributed by atoms with Crippen LogP contribution < -0.4 is 10.6 Å². The molecule has 2 aromatic rings. The molecule has 0 aliphatic heterocycles. The van der Waals surface area contributed by atoms with Crippen LogP contribution in [0.4, 0.5) is 11.4 Å². The van der Waals surface area contributed by atoms with Crippen molar-refractivity contribution in [2.45, 2.75) is 33.2 Å². The average molecular weight is 282 g/mol. The van der Waals surface area contributed by atoms with Gasteiger partial charge in [0.05, 0.1) is 0 Å². The first-order valence-corrected chi connectivity index (χ1v) is 7.31. The van der Waals surface area contributed by atoms with Crippen molar-refractivity contribution < 1.29 is 4.79 Å². The van der Waals surface area contributed by atoms with Crippen LogP contribution in [0.3, 0.4) is 0 Å². The molecule has 0 bridgehead atoms. The Morgan fingerprint density at radius 3 is 2.43 bits per heavy atom. The first-order chi connectivity index (χ1) is 10.1. The number of amides is 1. The molecular formula is C18H22N2O. The van der Waals surface area contributed by atoms with Crippen LogP contribution in [0, 0.1) is 6.92 Å². The molecule has 0 saturated heterocycles. The van der Waals surface area contributed by atoms with Gasteiger partial charge in [0.2, 0.25) is 5.91 Å². The van der Waals surface area contributed by atoms with Gasteiger partial charge in [-0.05, 0) is 37.6 Å². The van der Waals surface area contributed by atoms with Crippen LogP contribution in [-0.4, -0.2) is 5.91 Å². The fourth-order valence-corrected chi connectivity index (χ4v) is 2.12. The SMILES string of the molecule is CCC(=O)Nc1cccc(NC(C)c2ccc(C)cc2)c1. The zero-order valence-electron chi connectivity index (χ0n) is 12.8. The number of nitrogens with one attached hydrogen (secondary N) is 2. The summed E-state index contributed by atoms with van der Waals surface area (Å²) in [6.07, 6.45) is 0.484. The monoisotopic (exact) mass is 282 g/mol. The highest BCUT2D eigenvalue weighted by Crippen LogP contribution is 2.22. The van der Waals surface area contributed by atoms with Gasteiger partial charge < -0.3 is 10.6 Å². The van der Waals surface area contributed by atoms with Gasteiger partial charge >= 0.3 is 0 Å². The number of rotatable bonds is 5. The van der Waals surface area contributed by atoms with E-state index < -0.39 is 0 Å². The van der Waals surface area contributed by atoms with Crippen molar-refractivity contribution in [3.05, 3.63) is 59.7 Å². The molecule has 1 unspecified atom stereocenters. The molecule has 0 saturated carbocycles. The van der Waals surface area contributed by atoms with Gasteiger partial charge in [0.25, 0.3) is 0 Å². The van der Waals surface area contributed by atoms with E-state index >= 15 is 0 Å². The second kappa shape index (κ2) is 6.93. The standard InChI is InChI=1S/C18H22N2O/c1-4-18(21)20-17-7-5-6-16(12-17)19-14(3)15-10-8-13(2)9-11-15/h5-12,14,19H,4H2,1-3H3,(H,20,21). The third-order valence-corrected chi connectivity index (χ3v) is 3.43. The topological polar surface area (TPSA) is 41.1 Å². The Balaban J connectivity index is 2.06. The normalized spacial score (nSPS) is 11.8. The summed E-state index contributed by atoms with van der Waals surface area (Å²) in [5.74, 6) is 0.0266. The number of aryl methyl sites for hydroxylation is 1. The summed E-state index contributed by atoms with van der Waals surface area (Å²) in [6, 6.07) is 16.5. The third-order valence-electron chi connectivity index (χ3n) is 3.43. The molecule has 0 aliphatic rings. The summed E-state index contributed by atoms with van der Waals surface area (Å²) in [6.45, 7) is 6.06. The van der Waals surface area contributed by atoms with E-state index in [0.717, 1.165) is 11.4 Å². The van der Waals surface area contributed by atoms with Gasteiger partial charge in [0.1, 0.15) is 0 Å². The molecule has 0 aromatic heterocycles. The quantitative estimate of drug-likeness (QED) is 0.846. The summed E-state index contributed by atoms with van der Waals surface area (Å²) < 4.78 is 0. The first kappa shape index (κ1) is 15.1. The largest absolute Gasteiger partial charge is 0.378 e. The third kappa shape index (κ3) is 4.35. The molecule has 0 heterocycles. The average Bonchev–Trinajstić information content (AvgIpc) is 2.48. The lowest BCUT2D eigenvalue weighted by molar-refractivity contribution is -0.115. The Morgan fingerprint density at radius 1 is 1.10 bits per heavy atom. The highest BCUT2D eigenvalue weighted by atomic mass is 16.1. The summed E-state index contributed by atoms with van der Waals surface area (Å²) in [5, 5.41) is 6.33. The van der Waals surface area contributed by atoms with Crippen molar-refractivity contribution in [1.29, 1.82) is 0 Å². The van der Waals surface area contributed by atoms with E-state index in [2.05, 4.69) is 48.7 Å². The van der Waals surface area contributed by atoms with Gasteiger partial charge in [-0.15, -0.1) is 0 Å². The van der Waals surface area contributed by atoms with E-state index in [1.807, 2.05) is 31.2 Å². The smallest absolute Gasteiger partial charge is 0.224 e. The minimum atomic E-state index is 0.0266. The minimum Gasteiger partial charge on any atom is -0.378 e. The van der Waals surface area contributed by atoms with Crippen molar-refractivity contribution in [1.82, 2.24) is 0 Å². The first-order valence-electron chi connectivity index (χ1n) is 7.31. The van der Waals surface area contributed by atoms with Crippen molar-refractivity contribution in [2.24, 2.45) is 0 Å². The molecule has 110 valence electrons. The van der Waals surface area contributed by atoms with Crippen LogP contribution in [0.5, 0.6) is 0 Å². The Kier molecular flexibility index (Phi) is 4.99. The lowest BCUT2D eigenvalue weighted by Crippen LogP contribution is -2.10. The van der Waals surface area contributed by atoms with E-state index in [-0.39, 0.29) is 11.9 Å². The van der Waals surface area contributed by atoms with E-state index in [1.165, 1.54) is 11.1 Å². The van der Waals surface area contributed by atoms with Gasteiger partial charge in [0.15, 0.2) is 0 Å². The van der Waals surface area contributed by atoms with Crippen LogP contribution >= 0.6 is 0 Å². The zero-order valence-corrected chi connectivity index (χ0v) is 12.8. The van der Waals surface area contributed by atoms with Crippen LogP contribution in [0.15, 0.2) is 48.5 Å². The summed E-state index contributed by atoms with van der Waals surface area (Å²) in [5.41, 5.74) is 4.32. The Bertz CT molecular complexity index is 605. The molecule has 3 heteroatoms. The number of benzene rings is 2. The Hall–Kier alpha value is -2.29. The number of hydrogen-bond acceptors (Lipinski definition) is 2. The lowest BCUT2D eigenvalue weighted by atomic mass is 10.1. The van der Waals surface area contributed by atoms with Crippen LogP contribution in [0.25, 0.3) is 0 Å². The molecule has 0 spiro atoms. The van der Waals surface area contributed by atoms with E-state index in [9.17, 15) is 4.79 Å². The summed E-state index contributed by atoms with van der Waals surface area (Å²) in [7, 11) is 0. The molecule has 21 heavy (non-hydrogen) atoms. The molecule has 2 aromatic carbocycles. The Morgan fingerprint density at radius 2 is 1.76 bits per heavy atom. The van der Waals surface area contributed by atoms with Crippen LogP contribution in [0.2, 0.25) is 0 Å². The van der Waals surface area contributed by atoms with Gasteiger partial charge in [-0.3, -0.25) is 4.79 Å². The van der Waals surface area contributed by atoms with Crippen molar-refractivity contribution >= 4 is 17.3 Å². The molecule has 3 nitrogen and oxygen atoms in total. The predicted octanol–water partition coefficient (Wildman–Crippen LogP) is 4.52. The van der Waals surface area contributed by atoms with Crippen molar-refractivity contribution in [3.63, 3.8) is 0 Å². The van der Waals surface area contributed by atoms with Crippen LogP contribution in [0.1, 0.15) is 37.4 Å². The van der Waals surface area contributed by atoms with Gasteiger partial charge in [-0.25, -0.2) is 0 Å². The second-order valence-corrected chi connectivity index (χ2v) is 5.26. The molecule has 2 N–H and O–H groups in total. The van der Waals surface area contributed by atoms with E-state index in [0.29, 0.717) is 6.42 Å².